The van der Waals surface area contributed by atoms with Crippen molar-refractivity contribution in [2.45, 2.75) is 13.5 Å². The lowest BCUT2D eigenvalue weighted by molar-refractivity contribution is 1.16. The van der Waals surface area contributed by atoms with E-state index < -0.39 is 0 Å². The minimum absolute atomic E-state index is 0.753. The number of nitrogens with one attached hydrogen (secondary N) is 1. The predicted octanol–water partition coefficient (Wildman–Crippen LogP) is 4.33. The van der Waals surface area contributed by atoms with Gasteiger partial charge < -0.3 is 5.32 Å². The van der Waals surface area contributed by atoms with Crippen LogP contribution < -0.4 is 5.32 Å². The number of nitrogens with zero attached hydrogens (tertiary/aromatic N) is 2. The van der Waals surface area contributed by atoms with Gasteiger partial charge in [0, 0.05) is 11.1 Å². The lowest BCUT2D eigenvalue weighted by Crippen LogP contribution is -1.96. The smallest absolute Gasteiger partial charge is 0.184 e. The van der Waals surface area contributed by atoms with Crippen molar-refractivity contribution in [3.8, 4) is 0 Å². The molecule has 0 atom stereocenters. The number of aryl methyl sites for hydroxylation is 1. The second kappa shape index (κ2) is 4.84. The first-order valence-electron chi connectivity index (χ1n) is 5.42. The molecule has 0 saturated heterocycles. The number of benzene rings is 1. The van der Waals surface area contributed by atoms with Crippen LogP contribution in [0.15, 0.2) is 24.4 Å². The van der Waals surface area contributed by atoms with Gasteiger partial charge in [-0.15, -0.1) is 11.3 Å². The minimum atomic E-state index is 0.753. The molecule has 2 heterocycles. The first-order valence-corrected chi connectivity index (χ1v) is 7.44. The summed E-state index contributed by atoms with van der Waals surface area (Å²) in [5.41, 5.74) is 0.940. The van der Waals surface area contributed by atoms with Gasteiger partial charge in [-0.2, -0.15) is 0 Å². The molecule has 0 aliphatic rings. The summed E-state index contributed by atoms with van der Waals surface area (Å²) >= 11 is 9.40. The molecular weight excluding hydrogens is 286 g/mol. The van der Waals surface area contributed by atoms with Crippen molar-refractivity contribution in [3.63, 3.8) is 0 Å². The molecule has 0 amide bonds. The maximum Gasteiger partial charge on any atom is 0.184 e. The molecule has 3 rings (SSSR count). The molecule has 1 aromatic carbocycles. The highest BCUT2D eigenvalue weighted by molar-refractivity contribution is 7.22. The highest BCUT2D eigenvalue weighted by Crippen LogP contribution is 2.32. The Labute approximate surface area is 117 Å². The standard InChI is InChI=1S/C12H10ClN3S2/c1-7-14-5-8(17-7)6-15-12-16-10-4-2-3-9(13)11(10)18-12/h2-5H,6H2,1H3,(H,15,16). The number of halogens is 1. The fraction of sp³-hybridized carbons (Fsp3) is 0.167. The van der Waals surface area contributed by atoms with Crippen LogP contribution in [0.25, 0.3) is 10.2 Å². The quantitative estimate of drug-likeness (QED) is 0.781. The normalized spacial score (nSPS) is 11.0. The SMILES string of the molecule is Cc1ncc(CNc2nc3cccc(Cl)c3s2)s1. The Kier molecular flexibility index (Phi) is 3.20. The van der Waals surface area contributed by atoms with E-state index >= 15 is 0 Å². The number of thiazole rings is 2. The van der Waals surface area contributed by atoms with E-state index in [2.05, 4.69) is 15.3 Å². The van der Waals surface area contributed by atoms with Gasteiger partial charge in [-0.1, -0.05) is 29.0 Å². The summed E-state index contributed by atoms with van der Waals surface area (Å²) in [4.78, 5) is 9.94. The van der Waals surface area contributed by atoms with Gasteiger partial charge in [0.05, 0.1) is 26.8 Å². The van der Waals surface area contributed by atoms with Crippen LogP contribution in [0, 0.1) is 6.92 Å². The van der Waals surface area contributed by atoms with Gasteiger partial charge in [0.25, 0.3) is 0 Å². The number of rotatable bonds is 3. The monoisotopic (exact) mass is 295 g/mol. The molecule has 6 heteroatoms. The van der Waals surface area contributed by atoms with Crippen LogP contribution >= 0.6 is 34.3 Å². The first kappa shape index (κ1) is 11.9. The van der Waals surface area contributed by atoms with Gasteiger partial charge in [-0.25, -0.2) is 9.97 Å². The Balaban J connectivity index is 1.81. The molecule has 18 heavy (non-hydrogen) atoms. The van der Waals surface area contributed by atoms with Crippen LogP contribution in [0.1, 0.15) is 9.88 Å². The van der Waals surface area contributed by atoms with E-state index in [-0.39, 0.29) is 0 Å². The van der Waals surface area contributed by atoms with Gasteiger partial charge in [-0.05, 0) is 19.1 Å². The number of hydrogen-bond donors (Lipinski definition) is 1. The third-order valence-corrected chi connectivity index (χ3v) is 4.85. The fourth-order valence-electron chi connectivity index (χ4n) is 1.64. The third-order valence-electron chi connectivity index (χ3n) is 2.45. The molecule has 92 valence electrons. The van der Waals surface area contributed by atoms with E-state index in [1.807, 2.05) is 31.3 Å². The van der Waals surface area contributed by atoms with Crippen molar-refractivity contribution in [3.05, 3.63) is 39.3 Å². The molecule has 2 aromatic heterocycles. The predicted molar refractivity (Wildman–Crippen MR) is 78.8 cm³/mol. The molecule has 0 radical (unpaired) electrons. The molecule has 0 fully saturated rings. The second-order valence-electron chi connectivity index (χ2n) is 3.81. The summed E-state index contributed by atoms with van der Waals surface area (Å²) in [6.45, 7) is 2.76. The second-order valence-corrected chi connectivity index (χ2v) is 6.53. The van der Waals surface area contributed by atoms with Gasteiger partial charge in [0.1, 0.15) is 0 Å². The van der Waals surface area contributed by atoms with E-state index in [9.17, 15) is 0 Å². The van der Waals surface area contributed by atoms with E-state index in [0.29, 0.717) is 0 Å². The maximum atomic E-state index is 6.13. The summed E-state index contributed by atoms with van der Waals surface area (Å²) in [5, 5.41) is 6.04. The van der Waals surface area contributed by atoms with Crippen LogP contribution in [0.2, 0.25) is 5.02 Å². The van der Waals surface area contributed by atoms with Gasteiger partial charge >= 0.3 is 0 Å². The number of anilines is 1. The Bertz CT molecular complexity index is 690. The van der Waals surface area contributed by atoms with Crippen LogP contribution in [0.5, 0.6) is 0 Å². The highest BCUT2D eigenvalue weighted by Gasteiger charge is 2.06. The fourth-order valence-corrected chi connectivity index (χ4v) is 3.53. The van der Waals surface area contributed by atoms with Crippen molar-refractivity contribution in [1.82, 2.24) is 9.97 Å². The number of fused-ring (bicyclic) bond motifs is 1. The first-order chi connectivity index (χ1) is 8.72. The molecule has 3 aromatic rings. The molecule has 1 N–H and O–H groups in total. The summed E-state index contributed by atoms with van der Waals surface area (Å²) < 4.78 is 1.03. The zero-order chi connectivity index (χ0) is 12.5. The van der Waals surface area contributed by atoms with Crippen molar-refractivity contribution < 1.29 is 0 Å². The average molecular weight is 296 g/mol. The van der Waals surface area contributed by atoms with Crippen molar-refractivity contribution in [2.75, 3.05) is 5.32 Å². The molecule has 3 nitrogen and oxygen atoms in total. The Morgan fingerprint density at radius 1 is 1.33 bits per heavy atom. The maximum absolute atomic E-state index is 6.13. The van der Waals surface area contributed by atoms with Crippen LogP contribution in [-0.4, -0.2) is 9.97 Å². The van der Waals surface area contributed by atoms with Crippen LogP contribution in [-0.2, 0) is 6.54 Å². The van der Waals surface area contributed by atoms with E-state index in [4.69, 9.17) is 11.6 Å². The summed E-state index contributed by atoms with van der Waals surface area (Å²) in [6.07, 6.45) is 1.90. The van der Waals surface area contributed by atoms with Crippen molar-refractivity contribution >= 4 is 49.6 Å². The van der Waals surface area contributed by atoms with Gasteiger partial charge in [-0.3, -0.25) is 0 Å². The molecule has 0 unspecified atom stereocenters. The van der Waals surface area contributed by atoms with Gasteiger partial charge in [0.15, 0.2) is 5.13 Å². The molecule has 0 saturated carbocycles. The van der Waals surface area contributed by atoms with Crippen LogP contribution in [0.4, 0.5) is 5.13 Å². The third kappa shape index (κ3) is 2.34. The van der Waals surface area contributed by atoms with Crippen molar-refractivity contribution in [2.24, 2.45) is 0 Å². The lowest BCUT2D eigenvalue weighted by atomic mass is 10.3. The molecule has 0 spiro atoms. The largest absolute Gasteiger partial charge is 0.357 e. The number of aromatic nitrogens is 2. The zero-order valence-corrected chi connectivity index (χ0v) is 12.0. The molecule has 0 aliphatic heterocycles. The molecular formula is C12H10ClN3S2. The topological polar surface area (TPSA) is 37.8 Å². The average Bonchev–Trinajstić information content (AvgIpc) is 2.93. The van der Waals surface area contributed by atoms with Crippen molar-refractivity contribution in [1.29, 1.82) is 0 Å². The summed E-state index contributed by atoms with van der Waals surface area (Å²) in [5.74, 6) is 0. The Hall–Kier alpha value is -1.17. The highest BCUT2D eigenvalue weighted by atomic mass is 35.5. The molecule has 0 bridgehead atoms. The zero-order valence-electron chi connectivity index (χ0n) is 9.61. The molecule has 0 aliphatic carbocycles. The Morgan fingerprint density at radius 2 is 2.22 bits per heavy atom. The minimum Gasteiger partial charge on any atom is -0.357 e. The van der Waals surface area contributed by atoms with E-state index in [1.165, 1.54) is 4.88 Å². The van der Waals surface area contributed by atoms with Gasteiger partial charge in [0.2, 0.25) is 0 Å². The summed E-state index contributed by atoms with van der Waals surface area (Å²) in [6, 6.07) is 5.78. The number of hydrogen-bond acceptors (Lipinski definition) is 5. The Morgan fingerprint density at radius 3 is 2.94 bits per heavy atom. The van der Waals surface area contributed by atoms with E-state index in [1.54, 1.807) is 22.7 Å². The summed E-state index contributed by atoms with van der Waals surface area (Å²) in [7, 11) is 0. The van der Waals surface area contributed by atoms with E-state index in [0.717, 1.165) is 31.9 Å². The lowest BCUT2D eigenvalue weighted by Gasteiger charge is -1.97. The van der Waals surface area contributed by atoms with Crippen LogP contribution in [0.3, 0.4) is 0 Å².